The highest BCUT2D eigenvalue weighted by Crippen LogP contribution is 2.27. The number of aryl methyl sites for hydroxylation is 1. The zero-order valence-electron chi connectivity index (χ0n) is 15.1. The molecule has 0 unspecified atom stereocenters. The molecular weight excluding hydrogens is 404 g/mol. The summed E-state index contributed by atoms with van der Waals surface area (Å²) in [5.41, 5.74) is 1.56. The highest BCUT2D eigenvalue weighted by Gasteiger charge is 2.21. The molecule has 1 amide bonds. The molecule has 0 bridgehead atoms. The van der Waals surface area contributed by atoms with Gasteiger partial charge < -0.3 is 4.90 Å². The summed E-state index contributed by atoms with van der Waals surface area (Å²) < 4.78 is 14.5. The van der Waals surface area contributed by atoms with Gasteiger partial charge in [0.05, 0.1) is 10.0 Å². The zero-order valence-corrected chi connectivity index (χ0v) is 16.6. The van der Waals surface area contributed by atoms with Crippen LogP contribution in [-0.4, -0.2) is 38.1 Å². The molecule has 0 spiro atoms. The van der Waals surface area contributed by atoms with Crippen molar-refractivity contribution in [2.75, 3.05) is 7.05 Å². The molecule has 6 nitrogen and oxygen atoms in total. The van der Waals surface area contributed by atoms with E-state index in [1.54, 1.807) is 50.4 Å². The van der Waals surface area contributed by atoms with E-state index in [-0.39, 0.29) is 24.0 Å². The number of hydrogen-bond acceptors (Lipinski definition) is 4. The Morgan fingerprint density at radius 3 is 2.57 bits per heavy atom. The number of nitrogens with zero attached hydrogens (tertiary/aromatic N) is 5. The quantitative estimate of drug-likeness (QED) is 0.584. The molecule has 3 aromatic rings. The number of hydrogen-bond donors (Lipinski definition) is 0. The van der Waals surface area contributed by atoms with Gasteiger partial charge in [0.25, 0.3) is 5.91 Å². The molecule has 28 heavy (non-hydrogen) atoms. The normalized spacial score (nSPS) is 11.5. The summed E-state index contributed by atoms with van der Waals surface area (Å²) in [6.07, 6.45) is 1.60. The molecule has 0 fully saturated rings. The van der Waals surface area contributed by atoms with E-state index in [0.29, 0.717) is 27.0 Å². The van der Waals surface area contributed by atoms with Gasteiger partial charge in [-0.1, -0.05) is 47.5 Å². The Morgan fingerprint density at radius 1 is 1.21 bits per heavy atom. The van der Waals surface area contributed by atoms with Gasteiger partial charge in [0, 0.05) is 13.6 Å². The Bertz CT molecular complexity index is 1030. The second kappa shape index (κ2) is 8.50. The number of rotatable bonds is 5. The van der Waals surface area contributed by atoms with Crippen LogP contribution in [0.2, 0.25) is 10.0 Å². The fourth-order valence-electron chi connectivity index (χ4n) is 2.58. The number of carbonyl (C=O) groups is 1. The Hall–Kier alpha value is -2.77. The van der Waals surface area contributed by atoms with Crippen molar-refractivity contribution >= 4 is 40.9 Å². The van der Waals surface area contributed by atoms with Crippen molar-refractivity contribution in [3.05, 3.63) is 75.3 Å². The predicted molar refractivity (Wildman–Crippen MR) is 106 cm³/mol. The van der Waals surface area contributed by atoms with Crippen LogP contribution in [0.5, 0.6) is 0 Å². The van der Waals surface area contributed by atoms with E-state index in [1.165, 1.54) is 21.7 Å². The maximum atomic E-state index is 13.2. The first-order valence-corrected chi connectivity index (χ1v) is 9.03. The van der Waals surface area contributed by atoms with Gasteiger partial charge in [0.2, 0.25) is 0 Å². The number of benzene rings is 2. The smallest absolute Gasteiger partial charge is 0.272 e. The van der Waals surface area contributed by atoms with E-state index in [9.17, 15) is 9.18 Å². The van der Waals surface area contributed by atoms with Crippen LogP contribution in [0.1, 0.15) is 17.0 Å². The van der Waals surface area contributed by atoms with Gasteiger partial charge in [0.15, 0.2) is 5.82 Å². The number of halogens is 3. The summed E-state index contributed by atoms with van der Waals surface area (Å²) in [5, 5.41) is 12.1. The van der Waals surface area contributed by atoms with Crippen LogP contribution in [0.3, 0.4) is 0 Å². The summed E-state index contributed by atoms with van der Waals surface area (Å²) in [5.74, 6) is -0.261. The van der Waals surface area contributed by atoms with Gasteiger partial charge in [-0.3, -0.25) is 4.79 Å². The molecule has 0 saturated heterocycles. The van der Waals surface area contributed by atoms with Gasteiger partial charge >= 0.3 is 0 Å². The van der Waals surface area contributed by atoms with Gasteiger partial charge in [0.1, 0.15) is 11.5 Å². The molecule has 0 atom stereocenters. The average Bonchev–Trinajstić information content (AvgIpc) is 3.10. The van der Waals surface area contributed by atoms with Gasteiger partial charge in [-0.2, -0.15) is 4.68 Å². The lowest BCUT2D eigenvalue weighted by Gasteiger charge is -2.20. The van der Waals surface area contributed by atoms with Gasteiger partial charge in [-0.15, -0.1) is 5.10 Å². The number of tetrazole rings is 1. The van der Waals surface area contributed by atoms with E-state index >= 15 is 0 Å². The summed E-state index contributed by atoms with van der Waals surface area (Å²) in [6, 6.07) is 11.0. The third-order valence-corrected chi connectivity index (χ3v) is 4.89. The number of aromatic nitrogens is 4. The second-order valence-corrected chi connectivity index (χ2v) is 6.88. The molecule has 0 N–H and O–H groups in total. The third kappa shape index (κ3) is 4.37. The van der Waals surface area contributed by atoms with E-state index in [0.717, 1.165) is 0 Å². The van der Waals surface area contributed by atoms with Crippen molar-refractivity contribution < 1.29 is 9.18 Å². The number of carbonyl (C=O) groups excluding carboxylic acids is 1. The van der Waals surface area contributed by atoms with E-state index in [4.69, 9.17) is 23.2 Å². The maximum absolute atomic E-state index is 13.2. The molecule has 1 aromatic heterocycles. The van der Waals surface area contributed by atoms with E-state index in [1.807, 2.05) is 0 Å². The minimum Gasteiger partial charge on any atom is -0.336 e. The molecule has 1 heterocycles. The minimum absolute atomic E-state index is 0.217. The molecule has 2 aromatic carbocycles. The topological polar surface area (TPSA) is 63.9 Å². The Morgan fingerprint density at radius 2 is 1.93 bits per heavy atom. The van der Waals surface area contributed by atoms with Crippen LogP contribution < -0.4 is 0 Å². The summed E-state index contributed by atoms with van der Waals surface area (Å²) >= 11 is 12.3. The molecule has 9 heteroatoms. The van der Waals surface area contributed by atoms with Gasteiger partial charge in [-0.25, -0.2) is 4.39 Å². The van der Waals surface area contributed by atoms with Crippen LogP contribution in [0.25, 0.3) is 11.8 Å². The highest BCUT2D eigenvalue weighted by atomic mass is 35.5. The van der Waals surface area contributed by atoms with Crippen molar-refractivity contribution in [1.29, 1.82) is 0 Å². The minimum atomic E-state index is -0.364. The lowest BCUT2D eigenvalue weighted by atomic mass is 10.1. The Balaban J connectivity index is 1.95. The molecule has 0 saturated carbocycles. The average molecular weight is 420 g/mol. The molecule has 0 radical (unpaired) electrons. The fraction of sp³-hybridized carbons (Fsp3) is 0.158. The molecule has 144 valence electrons. The summed E-state index contributed by atoms with van der Waals surface area (Å²) in [6.45, 7) is 1.92. The van der Waals surface area contributed by atoms with Crippen molar-refractivity contribution in [3.63, 3.8) is 0 Å². The predicted octanol–water partition coefficient (Wildman–Crippen LogP) is 4.08. The first-order valence-electron chi connectivity index (χ1n) is 8.28. The van der Waals surface area contributed by atoms with Crippen molar-refractivity contribution in [2.45, 2.75) is 13.5 Å². The molecule has 0 aliphatic heterocycles. The Kier molecular flexibility index (Phi) is 6.06. The van der Waals surface area contributed by atoms with Crippen LogP contribution in [0, 0.1) is 12.7 Å². The van der Waals surface area contributed by atoms with Crippen LogP contribution >= 0.6 is 23.2 Å². The molecule has 0 aliphatic rings. The van der Waals surface area contributed by atoms with E-state index in [2.05, 4.69) is 15.5 Å². The summed E-state index contributed by atoms with van der Waals surface area (Å²) in [7, 11) is 1.64. The fourth-order valence-corrected chi connectivity index (χ4v) is 2.96. The molecular formula is C19H16Cl2FN5O. The van der Waals surface area contributed by atoms with Crippen LogP contribution in [-0.2, 0) is 11.3 Å². The SMILES string of the molecule is Cc1nnnn1C(=Cc1ccc(F)cc1)C(=O)N(C)Cc1cccc(Cl)c1Cl. The monoisotopic (exact) mass is 419 g/mol. The standard InChI is InChI=1S/C19H16Cl2FN5O/c1-12-23-24-25-27(12)17(10-13-6-8-15(22)9-7-13)19(28)26(2)11-14-4-3-5-16(20)18(14)21/h3-10H,11H2,1-2H3. The lowest BCUT2D eigenvalue weighted by molar-refractivity contribution is -0.124. The molecule has 3 rings (SSSR count). The van der Waals surface area contributed by atoms with Gasteiger partial charge in [-0.05, 0) is 52.8 Å². The first kappa shape index (κ1) is 20.0. The zero-order chi connectivity index (χ0) is 20.3. The summed E-state index contributed by atoms with van der Waals surface area (Å²) in [4.78, 5) is 14.6. The lowest BCUT2D eigenvalue weighted by Crippen LogP contribution is -2.29. The van der Waals surface area contributed by atoms with Crippen LogP contribution in [0.4, 0.5) is 4.39 Å². The first-order chi connectivity index (χ1) is 13.4. The van der Waals surface area contributed by atoms with Crippen molar-refractivity contribution in [2.24, 2.45) is 0 Å². The van der Waals surface area contributed by atoms with Crippen molar-refractivity contribution in [3.8, 4) is 0 Å². The molecule has 0 aliphatic carbocycles. The van der Waals surface area contributed by atoms with E-state index < -0.39 is 0 Å². The maximum Gasteiger partial charge on any atom is 0.272 e. The number of amides is 1. The second-order valence-electron chi connectivity index (χ2n) is 6.09. The highest BCUT2D eigenvalue weighted by molar-refractivity contribution is 6.42. The van der Waals surface area contributed by atoms with Crippen molar-refractivity contribution in [1.82, 2.24) is 25.1 Å². The largest absolute Gasteiger partial charge is 0.336 e. The Labute approximate surface area is 171 Å². The number of likely N-dealkylation sites (N-methyl/N-ethyl adjacent to an activating group) is 1. The van der Waals surface area contributed by atoms with Crippen LogP contribution in [0.15, 0.2) is 42.5 Å². The third-order valence-electron chi connectivity index (χ3n) is 4.03.